The Morgan fingerprint density at radius 1 is 1.23 bits per heavy atom. The highest BCUT2D eigenvalue weighted by Crippen LogP contribution is 2.30. The number of benzene rings is 2. The first-order valence-electron chi connectivity index (χ1n) is 7.77. The van der Waals surface area contributed by atoms with Crippen LogP contribution in [0.3, 0.4) is 0 Å². The standard InChI is InChI=1S/C17H16FIN2O4S/c1-25-16-7-5-12(26(23,24)21-11-3-4-11)9-15(16)20-17(22)13-6-2-10(18)8-14(13)19/h2,5-9,11,21H,3-4H2,1H3,(H,20,22). The molecule has 26 heavy (non-hydrogen) atoms. The average molecular weight is 490 g/mol. The molecule has 1 fully saturated rings. The summed E-state index contributed by atoms with van der Waals surface area (Å²) in [6.07, 6.45) is 1.64. The molecule has 0 atom stereocenters. The number of rotatable bonds is 6. The fourth-order valence-corrected chi connectivity index (χ4v) is 4.36. The minimum absolute atomic E-state index is 0.0269. The first kappa shape index (κ1) is 19.1. The number of halogens is 2. The summed E-state index contributed by atoms with van der Waals surface area (Å²) in [5.41, 5.74) is 0.495. The van der Waals surface area contributed by atoms with Gasteiger partial charge in [-0.15, -0.1) is 0 Å². The Labute approximate surface area is 164 Å². The number of nitrogens with one attached hydrogen (secondary N) is 2. The minimum Gasteiger partial charge on any atom is -0.495 e. The van der Waals surface area contributed by atoms with E-state index < -0.39 is 21.7 Å². The number of methoxy groups -OCH3 is 1. The van der Waals surface area contributed by atoms with E-state index in [1.54, 1.807) is 0 Å². The van der Waals surface area contributed by atoms with Crippen LogP contribution in [0.15, 0.2) is 41.3 Å². The van der Waals surface area contributed by atoms with Gasteiger partial charge in [0.15, 0.2) is 0 Å². The first-order chi connectivity index (χ1) is 12.3. The monoisotopic (exact) mass is 490 g/mol. The van der Waals surface area contributed by atoms with Gasteiger partial charge in [0.1, 0.15) is 11.6 Å². The number of amides is 1. The smallest absolute Gasteiger partial charge is 0.256 e. The highest BCUT2D eigenvalue weighted by molar-refractivity contribution is 14.1. The molecule has 0 saturated heterocycles. The van der Waals surface area contributed by atoms with Crippen molar-refractivity contribution < 1.29 is 22.3 Å². The summed E-state index contributed by atoms with van der Waals surface area (Å²) in [6, 6.07) is 8.02. The van der Waals surface area contributed by atoms with Gasteiger partial charge in [0, 0.05) is 9.61 Å². The molecule has 6 nitrogen and oxygen atoms in total. The van der Waals surface area contributed by atoms with Crippen molar-refractivity contribution in [3.05, 3.63) is 51.3 Å². The van der Waals surface area contributed by atoms with Gasteiger partial charge in [0.25, 0.3) is 5.91 Å². The van der Waals surface area contributed by atoms with Crippen LogP contribution in [0.1, 0.15) is 23.2 Å². The van der Waals surface area contributed by atoms with Crippen molar-refractivity contribution in [2.45, 2.75) is 23.8 Å². The Morgan fingerprint density at radius 3 is 2.58 bits per heavy atom. The quantitative estimate of drug-likeness (QED) is 0.610. The number of ether oxygens (including phenoxy) is 1. The summed E-state index contributed by atoms with van der Waals surface area (Å²) in [6.45, 7) is 0. The molecule has 0 heterocycles. The van der Waals surface area contributed by atoms with Crippen LogP contribution in [-0.2, 0) is 10.0 Å². The highest BCUT2D eigenvalue weighted by Gasteiger charge is 2.28. The van der Waals surface area contributed by atoms with Crippen molar-refractivity contribution in [2.75, 3.05) is 12.4 Å². The first-order valence-corrected chi connectivity index (χ1v) is 10.3. The Hall–Kier alpha value is -1.72. The second-order valence-corrected chi connectivity index (χ2v) is 8.71. The van der Waals surface area contributed by atoms with Crippen molar-refractivity contribution in [3.63, 3.8) is 0 Å². The van der Waals surface area contributed by atoms with Gasteiger partial charge in [-0.3, -0.25) is 4.79 Å². The normalized spacial score (nSPS) is 14.1. The topological polar surface area (TPSA) is 84.5 Å². The van der Waals surface area contributed by atoms with E-state index in [1.165, 1.54) is 43.5 Å². The Morgan fingerprint density at radius 2 is 1.96 bits per heavy atom. The van der Waals surface area contributed by atoms with Gasteiger partial charge < -0.3 is 10.1 Å². The molecule has 0 spiro atoms. The molecule has 1 saturated carbocycles. The SMILES string of the molecule is COc1ccc(S(=O)(=O)NC2CC2)cc1NC(=O)c1ccc(F)cc1I. The lowest BCUT2D eigenvalue weighted by atomic mass is 10.2. The van der Waals surface area contributed by atoms with Crippen LogP contribution in [0.4, 0.5) is 10.1 Å². The molecule has 0 bridgehead atoms. The van der Waals surface area contributed by atoms with E-state index in [4.69, 9.17) is 4.74 Å². The van der Waals surface area contributed by atoms with Crippen LogP contribution in [0.5, 0.6) is 5.75 Å². The summed E-state index contributed by atoms with van der Waals surface area (Å²) in [5, 5.41) is 2.64. The van der Waals surface area contributed by atoms with Crippen molar-refractivity contribution in [1.82, 2.24) is 4.72 Å². The summed E-state index contributed by atoms with van der Waals surface area (Å²) < 4.78 is 46.2. The van der Waals surface area contributed by atoms with Gasteiger partial charge in [0.2, 0.25) is 10.0 Å². The lowest BCUT2D eigenvalue weighted by Crippen LogP contribution is -2.26. The maximum Gasteiger partial charge on any atom is 0.256 e. The van der Waals surface area contributed by atoms with Crippen LogP contribution >= 0.6 is 22.6 Å². The Bertz CT molecular complexity index is 961. The molecular formula is C17H16FIN2O4S. The van der Waals surface area contributed by atoms with Gasteiger partial charge >= 0.3 is 0 Å². The summed E-state index contributed by atoms with van der Waals surface area (Å²) in [5.74, 6) is -0.610. The molecule has 0 radical (unpaired) electrons. The van der Waals surface area contributed by atoms with Crippen molar-refractivity contribution in [3.8, 4) is 5.75 Å². The number of carbonyl (C=O) groups excluding carboxylic acids is 1. The van der Waals surface area contributed by atoms with E-state index in [0.29, 0.717) is 9.32 Å². The Balaban J connectivity index is 1.90. The summed E-state index contributed by atoms with van der Waals surface area (Å²) >= 11 is 1.86. The van der Waals surface area contributed by atoms with Crippen LogP contribution in [-0.4, -0.2) is 27.5 Å². The second-order valence-electron chi connectivity index (χ2n) is 5.84. The van der Waals surface area contributed by atoms with E-state index >= 15 is 0 Å². The van der Waals surface area contributed by atoms with Gasteiger partial charge in [-0.2, -0.15) is 0 Å². The number of hydrogen-bond acceptors (Lipinski definition) is 4. The van der Waals surface area contributed by atoms with Gasteiger partial charge in [-0.05, 0) is 71.8 Å². The lowest BCUT2D eigenvalue weighted by molar-refractivity contribution is 0.102. The van der Waals surface area contributed by atoms with Crippen molar-refractivity contribution in [2.24, 2.45) is 0 Å². The highest BCUT2D eigenvalue weighted by atomic mass is 127. The third-order valence-electron chi connectivity index (χ3n) is 3.80. The minimum atomic E-state index is -3.67. The third kappa shape index (κ3) is 4.33. The number of anilines is 1. The molecule has 0 aromatic heterocycles. The van der Waals surface area contributed by atoms with Gasteiger partial charge in [0.05, 0.1) is 23.3 Å². The fourth-order valence-electron chi connectivity index (χ4n) is 2.30. The number of sulfonamides is 1. The Kier molecular flexibility index (Phi) is 5.49. The molecule has 2 N–H and O–H groups in total. The van der Waals surface area contributed by atoms with Crippen molar-refractivity contribution in [1.29, 1.82) is 0 Å². The molecule has 3 rings (SSSR count). The molecule has 138 valence electrons. The third-order valence-corrected chi connectivity index (χ3v) is 6.22. The van der Waals surface area contributed by atoms with Crippen LogP contribution in [0, 0.1) is 9.39 Å². The molecule has 9 heteroatoms. The van der Waals surface area contributed by atoms with Crippen LogP contribution < -0.4 is 14.8 Å². The molecule has 1 amide bonds. The maximum atomic E-state index is 13.2. The zero-order chi connectivity index (χ0) is 18.9. The zero-order valence-electron chi connectivity index (χ0n) is 13.8. The van der Waals surface area contributed by atoms with E-state index in [2.05, 4.69) is 10.0 Å². The van der Waals surface area contributed by atoms with E-state index in [0.717, 1.165) is 12.8 Å². The molecule has 0 unspecified atom stereocenters. The molecule has 2 aromatic rings. The second kappa shape index (κ2) is 7.49. The lowest BCUT2D eigenvalue weighted by Gasteiger charge is -2.13. The predicted octanol–water partition coefficient (Wildman–Crippen LogP) is 3.13. The molecule has 2 aromatic carbocycles. The van der Waals surface area contributed by atoms with E-state index in [9.17, 15) is 17.6 Å². The van der Waals surface area contributed by atoms with E-state index in [1.807, 2.05) is 22.6 Å². The largest absolute Gasteiger partial charge is 0.495 e. The zero-order valence-corrected chi connectivity index (χ0v) is 16.7. The summed E-state index contributed by atoms with van der Waals surface area (Å²) in [4.78, 5) is 12.5. The van der Waals surface area contributed by atoms with Crippen molar-refractivity contribution >= 4 is 44.2 Å². The fraction of sp³-hybridized carbons (Fsp3) is 0.235. The predicted molar refractivity (Wildman–Crippen MR) is 103 cm³/mol. The summed E-state index contributed by atoms with van der Waals surface area (Å²) in [7, 11) is -2.25. The molecule has 1 aliphatic carbocycles. The number of carbonyl (C=O) groups is 1. The molecule has 1 aliphatic rings. The molecular weight excluding hydrogens is 474 g/mol. The maximum absolute atomic E-state index is 13.2. The average Bonchev–Trinajstić information content (AvgIpc) is 3.37. The van der Waals surface area contributed by atoms with Gasteiger partial charge in [-0.25, -0.2) is 17.5 Å². The van der Waals surface area contributed by atoms with Crippen LogP contribution in [0.25, 0.3) is 0 Å². The number of hydrogen-bond donors (Lipinski definition) is 2. The molecule has 0 aliphatic heterocycles. The van der Waals surface area contributed by atoms with Gasteiger partial charge in [-0.1, -0.05) is 0 Å². The van der Waals surface area contributed by atoms with E-state index in [-0.39, 0.29) is 22.2 Å². The van der Waals surface area contributed by atoms with Crippen LogP contribution in [0.2, 0.25) is 0 Å².